The Balaban J connectivity index is 1.46. The van der Waals surface area contributed by atoms with Crippen LogP contribution in [0.25, 0.3) is 33.0 Å². The second-order valence-corrected chi connectivity index (χ2v) is 12.2. The number of aryl methyl sites for hydroxylation is 1. The Bertz CT molecular complexity index is 1820. The number of piperazine rings is 1. The number of nitrogens with zero attached hydrogens (tertiary/aromatic N) is 6. The Hall–Kier alpha value is -4.10. The second kappa shape index (κ2) is 11.7. The van der Waals surface area contributed by atoms with Gasteiger partial charge < -0.3 is 24.8 Å². The minimum Gasteiger partial charge on any atom is -0.462 e. The first-order valence-corrected chi connectivity index (χ1v) is 15.0. The number of nitrogen functional groups attached to an aromatic ring is 1. The summed E-state index contributed by atoms with van der Waals surface area (Å²) in [5.41, 5.74) is 7.64. The molecule has 2 fully saturated rings. The molecular formula is C31H33ClF3N7O3. The summed E-state index contributed by atoms with van der Waals surface area (Å²) in [7, 11) is 0. The number of halogens is 4. The van der Waals surface area contributed by atoms with Crippen LogP contribution in [0.4, 0.5) is 24.8 Å². The number of hydrogen-bond donors (Lipinski definition) is 1. The molecule has 10 nitrogen and oxygen atoms in total. The first-order valence-electron chi connectivity index (χ1n) is 14.7. The predicted molar refractivity (Wildman–Crippen MR) is 166 cm³/mol. The van der Waals surface area contributed by atoms with Gasteiger partial charge in [0, 0.05) is 61.2 Å². The van der Waals surface area contributed by atoms with E-state index in [1.807, 2.05) is 18.7 Å². The highest BCUT2D eigenvalue weighted by molar-refractivity contribution is 6.35. The van der Waals surface area contributed by atoms with Crippen molar-refractivity contribution in [3.63, 3.8) is 0 Å². The third kappa shape index (κ3) is 5.63. The van der Waals surface area contributed by atoms with E-state index in [1.165, 1.54) is 6.08 Å². The highest BCUT2D eigenvalue weighted by Crippen LogP contribution is 2.44. The quantitative estimate of drug-likeness (QED) is 0.263. The summed E-state index contributed by atoms with van der Waals surface area (Å²) in [6, 6.07) is 4.52. The molecule has 0 bridgehead atoms. The lowest BCUT2D eigenvalue weighted by atomic mass is 9.95. The van der Waals surface area contributed by atoms with Crippen molar-refractivity contribution in [2.45, 2.75) is 45.2 Å². The van der Waals surface area contributed by atoms with E-state index in [9.17, 15) is 13.6 Å². The van der Waals surface area contributed by atoms with Crippen molar-refractivity contribution in [2.24, 2.45) is 0 Å². The zero-order valence-corrected chi connectivity index (χ0v) is 25.9. The van der Waals surface area contributed by atoms with Crippen LogP contribution >= 0.6 is 11.6 Å². The summed E-state index contributed by atoms with van der Waals surface area (Å²) in [6.07, 6.45) is 1.07. The van der Waals surface area contributed by atoms with Crippen molar-refractivity contribution in [1.29, 1.82) is 0 Å². The summed E-state index contributed by atoms with van der Waals surface area (Å²) < 4.78 is 55.5. The van der Waals surface area contributed by atoms with Gasteiger partial charge in [-0.1, -0.05) is 29.4 Å². The van der Waals surface area contributed by atoms with Gasteiger partial charge >= 0.3 is 6.01 Å². The van der Waals surface area contributed by atoms with E-state index in [2.05, 4.69) is 21.7 Å². The van der Waals surface area contributed by atoms with Crippen LogP contribution in [-0.2, 0) is 4.79 Å². The molecule has 45 heavy (non-hydrogen) atoms. The van der Waals surface area contributed by atoms with E-state index in [4.69, 9.17) is 26.6 Å². The van der Waals surface area contributed by atoms with Crippen LogP contribution in [0.15, 0.2) is 35.4 Å². The Morgan fingerprint density at radius 1 is 1.24 bits per heavy atom. The van der Waals surface area contributed by atoms with Crippen molar-refractivity contribution >= 4 is 51.0 Å². The number of alkyl halides is 2. The minimum atomic E-state index is -2.73. The molecule has 0 spiro atoms. The smallest absolute Gasteiger partial charge is 0.319 e. The fourth-order valence-electron chi connectivity index (χ4n) is 6.27. The van der Waals surface area contributed by atoms with Crippen LogP contribution in [0.1, 0.15) is 25.8 Å². The lowest BCUT2D eigenvalue weighted by molar-refractivity contribution is -0.128. The topological polar surface area (TPSA) is 114 Å². The van der Waals surface area contributed by atoms with Crippen LogP contribution in [0.3, 0.4) is 0 Å². The molecule has 0 saturated carbocycles. The number of carbonyl (C=O) groups excluding carboxylic acids is 1. The molecule has 0 unspecified atom stereocenters. The van der Waals surface area contributed by atoms with E-state index in [-0.39, 0.29) is 78.6 Å². The van der Waals surface area contributed by atoms with Crippen LogP contribution in [0.5, 0.6) is 6.01 Å². The van der Waals surface area contributed by atoms with Gasteiger partial charge in [0.05, 0.1) is 17.0 Å². The number of amides is 1. The number of ether oxygens (including phenoxy) is 1. The lowest BCUT2D eigenvalue weighted by Gasteiger charge is -2.44. The van der Waals surface area contributed by atoms with E-state index in [0.717, 1.165) is 0 Å². The Morgan fingerprint density at radius 2 is 2.02 bits per heavy atom. The fraction of sp³-hybridized carbons (Fsp3) is 0.419. The molecule has 6 rings (SSSR count). The number of rotatable bonds is 7. The molecule has 238 valence electrons. The molecule has 2 saturated heterocycles. The lowest BCUT2D eigenvalue weighted by Crippen LogP contribution is -2.58. The molecular weight excluding hydrogens is 611 g/mol. The number of hydrogen-bond acceptors (Lipinski definition) is 9. The zero-order chi connectivity index (χ0) is 32.2. The molecule has 2 N–H and O–H groups in total. The second-order valence-electron chi connectivity index (χ2n) is 11.7. The number of aromatic nitrogens is 3. The number of benzene rings is 2. The molecule has 2 atom stereocenters. The molecule has 2 aliphatic rings. The van der Waals surface area contributed by atoms with Gasteiger partial charge in [0.15, 0.2) is 17.2 Å². The molecule has 14 heteroatoms. The summed E-state index contributed by atoms with van der Waals surface area (Å²) in [4.78, 5) is 26.9. The van der Waals surface area contributed by atoms with E-state index < -0.39 is 11.7 Å². The molecule has 4 heterocycles. The van der Waals surface area contributed by atoms with Crippen molar-refractivity contribution in [2.75, 3.05) is 50.0 Å². The molecule has 2 aliphatic heterocycles. The van der Waals surface area contributed by atoms with Gasteiger partial charge in [-0.25, -0.2) is 13.2 Å². The summed E-state index contributed by atoms with van der Waals surface area (Å²) in [6.45, 7) is 10.1. The van der Waals surface area contributed by atoms with Crippen molar-refractivity contribution in [1.82, 2.24) is 24.9 Å². The summed E-state index contributed by atoms with van der Waals surface area (Å²) >= 11 is 6.85. The Kier molecular flexibility index (Phi) is 8.02. The molecule has 1 amide bonds. The van der Waals surface area contributed by atoms with Gasteiger partial charge in [0.2, 0.25) is 5.91 Å². The predicted octanol–water partition coefficient (Wildman–Crippen LogP) is 5.45. The van der Waals surface area contributed by atoms with Gasteiger partial charge in [0.25, 0.3) is 5.92 Å². The summed E-state index contributed by atoms with van der Waals surface area (Å²) in [5, 5.41) is 4.72. The third-order valence-corrected chi connectivity index (χ3v) is 8.87. The average molecular weight is 644 g/mol. The maximum atomic E-state index is 16.8. The van der Waals surface area contributed by atoms with E-state index in [0.29, 0.717) is 46.4 Å². The first-order chi connectivity index (χ1) is 21.4. The van der Waals surface area contributed by atoms with Crippen molar-refractivity contribution in [3.8, 4) is 17.1 Å². The van der Waals surface area contributed by atoms with E-state index >= 15 is 4.39 Å². The molecule has 2 aromatic carbocycles. The highest BCUT2D eigenvalue weighted by atomic mass is 35.5. The standard InChI is InChI=1S/C31H33ClF3N7O3/c1-5-22(43)41-13-18(4)42(14-17(41)3)29-19-12-20(32)24(23-16(2)6-7-21-25(23)28(36)39-45-21)26(33)27(19)37-30(38-29)44-11-10-40-9-8-31(34,35)15-40/h5-7,12,17-18H,1,8-11,13-15H2,2-4H3,(H2,36,39)/t17-,18+/m1/s1. The maximum Gasteiger partial charge on any atom is 0.319 e. The SMILES string of the molecule is C=CC(=O)N1C[C@H](C)N(c2nc(OCCN3CCC(F)(F)C3)nc3c(F)c(-c4c(C)ccc5onc(N)c45)c(Cl)cc23)C[C@H]1C. The highest BCUT2D eigenvalue weighted by Gasteiger charge is 2.38. The average Bonchev–Trinajstić information content (AvgIpc) is 3.55. The van der Waals surface area contributed by atoms with Crippen molar-refractivity contribution < 1.29 is 27.2 Å². The number of likely N-dealkylation sites (tertiary alicyclic amines) is 1. The van der Waals surface area contributed by atoms with Gasteiger partial charge in [-0.2, -0.15) is 9.97 Å². The van der Waals surface area contributed by atoms with Gasteiger partial charge in [-0.3, -0.25) is 9.69 Å². The Labute approximate surface area is 262 Å². The number of nitrogens with two attached hydrogens (primary N) is 1. The fourth-order valence-corrected chi connectivity index (χ4v) is 6.55. The van der Waals surface area contributed by atoms with Gasteiger partial charge in [-0.15, -0.1) is 0 Å². The van der Waals surface area contributed by atoms with Crippen LogP contribution in [0, 0.1) is 12.7 Å². The van der Waals surface area contributed by atoms with Crippen molar-refractivity contribution in [3.05, 3.63) is 47.3 Å². The molecule has 0 radical (unpaired) electrons. The normalized spacial score (nSPS) is 20.3. The number of fused-ring (bicyclic) bond motifs is 2. The monoisotopic (exact) mass is 643 g/mol. The van der Waals surface area contributed by atoms with Crippen LogP contribution < -0.4 is 15.4 Å². The number of anilines is 2. The number of carbonyl (C=O) groups is 1. The first kappa shape index (κ1) is 30.9. The molecule has 0 aliphatic carbocycles. The zero-order valence-electron chi connectivity index (χ0n) is 25.1. The van der Waals surface area contributed by atoms with Crippen LogP contribution in [0.2, 0.25) is 5.02 Å². The van der Waals surface area contributed by atoms with Gasteiger partial charge in [-0.05, 0) is 44.5 Å². The summed E-state index contributed by atoms with van der Waals surface area (Å²) in [5.74, 6) is -3.17. The van der Waals surface area contributed by atoms with Crippen LogP contribution in [-0.4, -0.2) is 88.2 Å². The molecule has 2 aromatic heterocycles. The third-order valence-electron chi connectivity index (χ3n) is 8.57. The maximum absolute atomic E-state index is 16.8. The van der Waals surface area contributed by atoms with Gasteiger partial charge in [0.1, 0.15) is 17.9 Å². The largest absolute Gasteiger partial charge is 0.462 e. The minimum absolute atomic E-state index is 0.0201. The Morgan fingerprint density at radius 3 is 2.73 bits per heavy atom. The van der Waals surface area contributed by atoms with E-state index in [1.54, 1.807) is 34.9 Å². The molecule has 4 aromatic rings.